The van der Waals surface area contributed by atoms with E-state index in [1.54, 1.807) is 6.20 Å². The van der Waals surface area contributed by atoms with Crippen LogP contribution in [0.5, 0.6) is 0 Å². The van der Waals surface area contributed by atoms with Gasteiger partial charge in [-0.2, -0.15) is 5.26 Å². The standard InChI is InChI=1S/C16H17N5/c1-21-11-12(6-13-4-2-3-5-15(13)21)8-19-16-10-18-14(7-17)9-20-16/h2-5,9-10,12H,6,8,11H2,1H3,(H,19,20). The number of nitrogens with zero attached hydrogens (tertiary/aromatic N) is 4. The van der Waals surface area contributed by atoms with E-state index >= 15 is 0 Å². The lowest BCUT2D eigenvalue weighted by atomic mass is 9.93. The Labute approximate surface area is 124 Å². The lowest BCUT2D eigenvalue weighted by molar-refractivity contribution is 0.527. The molecule has 106 valence electrons. The van der Waals surface area contributed by atoms with Crippen molar-refractivity contribution < 1.29 is 0 Å². The number of hydrogen-bond acceptors (Lipinski definition) is 5. The molecule has 0 aliphatic carbocycles. The molecule has 3 rings (SSSR count). The van der Waals surface area contributed by atoms with E-state index in [2.05, 4.69) is 51.5 Å². The highest BCUT2D eigenvalue weighted by molar-refractivity contribution is 5.55. The number of anilines is 2. The fourth-order valence-electron chi connectivity index (χ4n) is 2.78. The van der Waals surface area contributed by atoms with Gasteiger partial charge in [-0.3, -0.25) is 0 Å². The Morgan fingerprint density at radius 3 is 2.95 bits per heavy atom. The van der Waals surface area contributed by atoms with Crippen molar-refractivity contribution in [2.45, 2.75) is 6.42 Å². The minimum absolute atomic E-state index is 0.340. The molecule has 2 heterocycles. The summed E-state index contributed by atoms with van der Waals surface area (Å²) in [6.07, 6.45) is 4.17. The first kappa shape index (κ1) is 13.4. The van der Waals surface area contributed by atoms with E-state index in [1.807, 2.05) is 6.07 Å². The highest BCUT2D eigenvalue weighted by Crippen LogP contribution is 2.28. The molecule has 5 heteroatoms. The zero-order chi connectivity index (χ0) is 14.7. The first-order chi connectivity index (χ1) is 10.3. The lowest BCUT2D eigenvalue weighted by Crippen LogP contribution is -2.35. The monoisotopic (exact) mass is 279 g/mol. The molecular weight excluding hydrogens is 262 g/mol. The molecule has 21 heavy (non-hydrogen) atoms. The lowest BCUT2D eigenvalue weighted by Gasteiger charge is -2.33. The second-order valence-corrected chi connectivity index (χ2v) is 5.36. The zero-order valence-electron chi connectivity index (χ0n) is 12.0. The largest absolute Gasteiger partial charge is 0.374 e. The van der Waals surface area contributed by atoms with Crippen LogP contribution in [0.15, 0.2) is 36.7 Å². The van der Waals surface area contributed by atoms with Crippen LogP contribution in [-0.4, -0.2) is 30.1 Å². The van der Waals surface area contributed by atoms with Gasteiger partial charge in [-0.25, -0.2) is 9.97 Å². The summed E-state index contributed by atoms with van der Waals surface area (Å²) in [5, 5.41) is 12.0. The van der Waals surface area contributed by atoms with Gasteiger partial charge >= 0.3 is 0 Å². The van der Waals surface area contributed by atoms with E-state index in [1.165, 1.54) is 17.4 Å². The van der Waals surface area contributed by atoms with Gasteiger partial charge in [-0.15, -0.1) is 0 Å². The topological polar surface area (TPSA) is 64.8 Å². The third kappa shape index (κ3) is 2.95. The maximum Gasteiger partial charge on any atom is 0.158 e. The van der Waals surface area contributed by atoms with Crippen LogP contribution in [0.1, 0.15) is 11.3 Å². The second-order valence-electron chi connectivity index (χ2n) is 5.36. The summed E-state index contributed by atoms with van der Waals surface area (Å²) < 4.78 is 0. The van der Waals surface area contributed by atoms with Gasteiger partial charge in [0.25, 0.3) is 0 Å². The van der Waals surface area contributed by atoms with E-state index in [-0.39, 0.29) is 0 Å². The summed E-state index contributed by atoms with van der Waals surface area (Å²) in [6.45, 7) is 1.87. The predicted octanol–water partition coefficient (Wildman–Crippen LogP) is 2.07. The molecule has 1 aromatic heterocycles. The van der Waals surface area contributed by atoms with E-state index in [4.69, 9.17) is 5.26 Å². The SMILES string of the molecule is CN1CC(CNc2cnc(C#N)cn2)Cc2ccccc21. The smallest absolute Gasteiger partial charge is 0.158 e. The van der Waals surface area contributed by atoms with Crippen molar-refractivity contribution in [1.82, 2.24) is 9.97 Å². The first-order valence-corrected chi connectivity index (χ1v) is 7.01. The van der Waals surface area contributed by atoms with Crippen molar-refractivity contribution in [3.63, 3.8) is 0 Å². The fourth-order valence-corrected chi connectivity index (χ4v) is 2.78. The number of nitriles is 1. The van der Waals surface area contributed by atoms with Gasteiger partial charge in [0.1, 0.15) is 11.9 Å². The highest BCUT2D eigenvalue weighted by Gasteiger charge is 2.21. The Balaban J connectivity index is 1.63. The van der Waals surface area contributed by atoms with Gasteiger partial charge in [-0.05, 0) is 24.0 Å². The van der Waals surface area contributed by atoms with Crippen LogP contribution in [0, 0.1) is 17.2 Å². The van der Waals surface area contributed by atoms with Gasteiger partial charge < -0.3 is 10.2 Å². The Hall–Kier alpha value is -2.61. The predicted molar refractivity (Wildman–Crippen MR) is 82.1 cm³/mol. The van der Waals surface area contributed by atoms with Crippen LogP contribution in [0.2, 0.25) is 0 Å². The minimum atomic E-state index is 0.340. The second kappa shape index (κ2) is 5.80. The quantitative estimate of drug-likeness (QED) is 0.931. The molecule has 0 saturated heterocycles. The summed E-state index contributed by atoms with van der Waals surface area (Å²) >= 11 is 0. The molecule has 0 radical (unpaired) electrons. The molecule has 1 aliphatic heterocycles. The molecule has 5 nitrogen and oxygen atoms in total. The van der Waals surface area contributed by atoms with Crippen molar-refractivity contribution in [2.24, 2.45) is 5.92 Å². The maximum absolute atomic E-state index is 8.71. The molecule has 0 bridgehead atoms. The normalized spacial score (nSPS) is 17.0. The number of aromatic nitrogens is 2. The molecule has 2 aromatic rings. The Morgan fingerprint density at radius 2 is 2.19 bits per heavy atom. The molecule has 1 unspecified atom stereocenters. The van der Waals surface area contributed by atoms with Gasteiger partial charge in [0.2, 0.25) is 0 Å². The Bertz CT molecular complexity index is 659. The van der Waals surface area contributed by atoms with Gasteiger partial charge in [0.05, 0.1) is 12.4 Å². The highest BCUT2D eigenvalue weighted by atomic mass is 15.1. The van der Waals surface area contributed by atoms with Crippen LogP contribution < -0.4 is 10.2 Å². The number of rotatable bonds is 3. The molecule has 1 aromatic carbocycles. The summed E-state index contributed by atoms with van der Waals surface area (Å²) in [6, 6.07) is 10.5. The fraction of sp³-hybridized carbons (Fsp3) is 0.312. The number of nitrogens with one attached hydrogen (secondary N) is 1. The van der Waals surface area contributed by atoms with Crippen LogP contribution in [0.3, 0.4) is 0 Å². The third-order valence-corrected chi connectivity index (χ3v) is 3.78. The van der Waals surface area contributed by atoms with Crippen molar-refractivity contribution in [1.29, 1.82) is 5.26 Å². The first-order valence-electron chi connectivity index (χ1n) is 7.01. The Kier molecular flexibility index (Phi) is 3.69. The van der Waals surface area contributed by atoms with Crippen LogP contribution in [-0.2, 0) is 6.42 Å². The van der Waals surface area contributed by atoms with Crippen molar-refractivity contribution in [2.75, 3.05) is 30.4 Å². The average Bonchev–Trinajstić information content (AvgIpc) is 2.53. The molecule has 0 spiro atoms. The van der Waals surface area contributed by atoms with E-state index < -0.39 is 0 Å². The maximum atomic E-state index is 8.71. The van der Waals surface area contributed by atoms with E-state index in [0.29, 0.717) is 11.6 Å². The Morgan fingerprint density at radius 1 is 1.33 bits per heavy atom. The zero-order valence-corrected chi connectivity index (χ0v) is 12.0. The number of para-hydroxylation sites is 1. The van der Waals surface area contributed by atoms with Crippen LogP contribution in [0.4, 0.5) is 11.5 Å². The molecule has 0 fully saturated rings. The molecule has 0 saturated carbocycles. The van der Waals surface area contributed by atoms with Crippen LogP contribution >= 0.6 is 0 Å². The number of benzene rings is 1. The minimum Gasteiger partial charge on any atom is -0.374 e. The van der Waals surface area contributed by atoms with Crippen molar-refractivity contribution >= 4 is 11.5 Å². The van der Waals surface area contributed by atoms with Gasteiger partial charge in [-0.1, -0.05) is 18.2 Å². The summed E-state index contributed by atoms with van der Waals surface area (Å²) in [4.78, 5) is 10.5. The van der Waals surface area contributed by atoms with Gasteiger partial charge in [0.15, 0.2) is 5.69 Å². The average molecular weight is 279 g/mol. The van der Waals surface area contributed by atoms with E-state index in [0.717, 1.165) is 25.3 Å². The van der Waals surface area contributed by atoms with E-state index in [9.17, 15) is 0 Å². The molecule has 1 aliphatic rings. The molecule has 0 amide bonds. The number of fused-ring (bicyclic) bond motifs is 1. The van der Waals surface area contributed by atoms with Crippen LogP contribution in [0.25, 0.3) is 0 Å². The molecule has 1 atom stereocenters. The van der Waals surface area contributed by atoms with Gasteiger partial charge in [0, 0.05) is 25.8 Å². The molecular formula is C16H17N5. The van der Waals surface area contributed by atoms with Crippen molar-refractivity contribution in [3.05, 3.63) is 47.9 Å². The summed E-state index contributed by atoms with van der Waals surface area (Å²) in [7, 11) is 2.13. The number of hydrogen-bond donors (Lipinski definition) is 1. The molecule has 1 N–H and O–H groups in total. The third-order valence-electron chi connectivity index (χ3n) is 3.78. The summed E-state index contributed by atoms with van der Waals surface area (Å²) in [5.74, 6) is 1.25. The summed E-state index contributed by atoms with van der Waals surface area (Å²) in [5.41, 5.74) is 3.06. The van der Waals surface area contributed by atoms with Crippen molar-refractivity contribution in [3.8, 4) is 6.07 Å².